The van der Waals surface area contributed by atoms with Gasteiger partial charge in [0.1, 0.15) is 0 Å². The lowest BCUT2D eigenvalue weighted by Crippen LogP contribution is -2.14. The Kier molecular flexibility index (Phi) is 5.25. The van der Waals surface area contributed by atoms with E-state index in [1.54, 1.807) is 42.5 Å². The molecule has 0 spiro atoms. The number of hydrogen-bond donors (Lipinski definition) is 1. The molecule has 1 amide bonds. The topological polar surface area (TPSA) is 46.9 Å². The molecule has 4 nitrogen and oxygen atoms in total. The highest BCUT2D eigenvalue weighted by Crippen LogP contribution is 2.31. The van der Waals surface area contributed by atoms with Crippen LogP contribution >= 0.6 is 23.2 Å². The van der Waals surface area contributed by atoms with Gasteiger partial charge in [-0.15, -0.1) is 0 Å². The van der Waals surface area contributed by atoms with Crippen LogP contribution in [0.15, 0.2) is 48.7 Å². The van der Waals surface area contributed by atoms with Crippen LogP contribution < -0.4 is 5.32 Å². The minimum atomic E-state index is -2.79. The Labute approximate surface area is 158 Å². The summed E-state index contributed by atoms with van der Waals surface area (Å²) < 4.78 is 27.4. The maximum absolute atomic E-state index is 13.1. The summed E-state index contributed by atoms with van der Waals surface area (Å²) in [6.07, 6.45) is -1.46. The molecule has 0 saturated carbocycles. The van der Waals surface area contributed by atoms with Crippen molar-refractivity contribution in [3.63, 3.8) is 0 Å². The Morgan fingerprint density at radius 1 is 1.15 bits per heavy atom. The van der Waals surface area contributed by atoms with Gasteiger partial charge in [-0.05, 0) is 29.3 Å². The molecule has 0 bridgehead atoms. The highest BCUT2D eigenvalue weighted by molar-refractivity contribution is 6.42. The van der Waals surface area contributed by atoms with E-state index in [2.05, 4.69) is 10.4 Å². The molecule has 0 fully saturated rings. The zero-order valence-corrected chi connectivity index (χ0v) is 15.0. The smallest absolute Gasteiger partial charge is 0.284 e. The molecule has 0 aliphatic carbocycles. The minimum absolute atomic E-state index is 0.0311. The van der Waals surface area contributed by atoms with E-state index in [4.69, 9.17) is 23.2 Å². The predicted octanol–water partition coefficient (Wildman–Crippen LogP) is 5.58. The fourth-order valence-corrected chi connectivity index (χ4v) is 2.85. The Morgan fingerprint density at radius 3 is 2.58 bits per heavy atom. The second-order valence-corrected chi connectivity index (χ2v) is 6.35. The van der Waals surface area contributed by atoms with Crippen LogP contribution in [-0.4, -0.2) is 15.7 Å². The Bertz CT molecular complexity index is 973. The van der Waals surface area contributed by atoms with Crippen LogP contribution in [0.3, 0.4) is 0 Å². The lowest BCUT2D eigenvalue weighted by Gasteiger charge is -2.11. The Hall–Kier alpha value is -2.44. The third-order valence-corrected chi connectivity index (χ3v) is 4.45. The summed E-state index contributed by atoms with van der Waals surface area (Å²) in [5, 5.41) is 6.93. The number of hydrogen-bond acceptors (Lipinski definition) is 2. The van der Waals surface area contributed by atoms with Crippen molar-refractivity contribution in [2.45, 2.75) is 6.43 Å². The molecule has 0 aliphatic heterocycles. The first-order chi connectivity index (χ1) is 12.4. The molecule has 2 aromatic carbocycles. The van der Waals surface area contributed by atoms with Gasteiger partial charge in [0.05, 0.1) is 15.7 Å². The second kappa shape index (κ2) is 7.43. The number of carbonyl (C=O) groups excluding carboxylic acids is 1. The van der Waals surface area contributed by atoms with Crippen molar-refractivity contribution in [1.82, 2.24) is 9.78 Å². The number of nitrogens with one attached hydrogen (secondary N) is 1. The number of rotatable bonds is 4. The molecule has 0 radical (unpaired) electrons. The highest BCUT2D eigenvalue weighted by atomic mass is 35.5. The Morgan fingerprint density at radius 2 is 1.88 bits per heavy atom. The number of alkyl halides is 2. The molecule has 0 saturated heterocycles. The molecule has 0 atom stereocenters. The molecule has 0 unspecified atom stereocenters. The van der Waals surface area contributed by atoms with E-state index < -0.39 is 18.0 Å². The van der Waals surface area contributed by atoms with Gasteiger partial charge in [0.25, 0.3) is 12.3 Å². The van der Waals surface area contributed by atoms with Gasteiger partial charge < -0.3 is 5.32 Å². The van der Waals surface area contributed by atoms with Gasteiger partial charge in [-0.25, -0.2) is 8.78 Å². The maximum atomic E-state index is 13.1. The van der Waals surface area contributed by atoms with Crippen LogP contribution in [0.2, 0.25) is 10.0 Å². The highest BCUT2D eigenvalue weighted by Gasteiger charge is 2.21. The Balaban J connectivity index is 1.97. The number of carbonyl (C=O) groups is 1. The molecule has 26 heavy (non-hydrogen) atoms. The maximum Gasteiger partial charge on any atom is 0.284 e. The first kappa shape index (κ1) is 18.4. The summed E-state index contributed by atoms with van der Waals surface area (Å²) in [5.74, 6) is -0.526. The number of halogens is 4. The van der Waals surface area contributed by atoms with E-state index in [1.807, 2.05) is 0 Å². The minimum Gasteiger partial charge on any atom is -0.319 e. The van der Waals surface area contributed by atoms with Gasteiger partial charge in [-0.2, -0.15) is 5.10 Å². The lowest BCUT2D eigenvalue weighted by molar-refractivity contribution is 0.102. The number of anilines is 1. The van der Waals surface area contributed by atoms with Crippen molar-refractivity contribution in [2.75, 3.05) is 5.32 Å². The van der Waals surface area contributed by atoms with Gasteiger partial charge in [-0.3, -0.25) is 9.48 Å². The van der Waals surface area contributed by atoms with Gasteiger partial charge >= 0.3 is 0 Å². The summed E-state index contributed by atoms with van der Waals surface area (Å²) in [6, 6.07) is 11.8. The molecule has 3 rings (SSSR count). The van der Waals surface area contributed by atoms with Crippen molar-refractivity contribution in [3.05, 3.63) is 70.0 Å². The van der Waals surface area contributed by atoms with Crippen LogP contribution in [0.25, 0.3) is 11.1 Å². The fraction of sp³-hybridized carbons (Fsp3) is 0.111. The number of aromatic nitrogens is 2. The molecule has 3 aromatic rings. The van der Waals surface area contributed by atoms with E-state index in [-0.39, 0.29) is 5.69 Å². The van der Waals surface area contributed by atoms with Gasteiger partial charge in [0.15, 0.2) is 5.69 Å². The molecule has 134 valence electrons. The normalized spacial score (nSPS) is 11.0. The third-order valence-electron chi connectivity index (χ3n) is 3.71. The van der Waals surface area contributed by atoms with E-state index in [1.165, 1.54) is 17.9 Å². The molecular formula is C18H13Cl2F2N3O. The third kappa shape index (κ3) is 3.71. The van der Waals surface area contributed by atoms with Crippen LogP contribution in [0, 0.1) is 0 Å². The molecule has 1 N–H and O–H groups in total. The van der Waals surface area contributed by atoms with Crippen molar-refractivity contribution >= 4 is 34.8 Å². The lowest BCUT2D eigenvalue weighted by atomic mass is 9.99. The van der Waals surface area contributed by atoms with Gasteiger partial charge in [0.2, 0.25) is 0 Å². The zero-order chi connectivity index (χ0) is 18.8. The first-order valence-corrected chi connectivity index (χ1v) is 8.30. The monoisotopic (exact) mass is 395 g/mol. The molecule has 1 heterocycles. The average molecular weight is 396 g/mol. The van der Waals surface area contributed by atoms with Crippen molar-refractivity contribution < 1.29 is 13.6 Å². The van der Waals surface area contributed by atoms with Crippen LogP contribution in [0.5, 0.6) is 0 Å². The molecule has 1 aromatic heterocycles. The SMILES string of the molecule is Cn1cc(NC(=O)c2ccccc2-c2ccc(Cl)c(Cl)c2)c(C(F)F)n1. The summed E-state index contributed by atoms with van der Waals surface area (Å²) in [5.41, 5.74) is 1.09. The van der Waals surface area contributed by atoms with E-state index in [0.717, 1.165) is 0 Å². The van der Waals surface area contributed by atoms with E-state index in [0.29, 0.717) is 26.7 Å². The second-order valence-electron chi connectivity index (χ2n) is 5.53. The molecule has 0 aliphatic rings. The van der Waals surface area contributed by atoms with Crippen molar-refractivity contribution in [2.24, 2.45) is 7.05 Å². The van der Waals surface area contributed by atoms with Crippen LogP contribution in [0.4, 0.5) is 14.5 Å². The van der Waals surface area contributed by atoms with Crippen molar-refractivity contribution in [1.29, 1.82) is 0 Å². The number of nitrogens with zero attached hydrogens (tertiary/aromatic N) is 2. The summed E-state index contributed by atoms with van der Waals surface area (Å²) >= 11 is 12.0. The zero-order valence-electron chi connectivity index (χ0n) is 13.5. The molecular weight excluding hydrogens is 383 g/mol. The average Bonchev–Trinajstić information content (AvgIpc) is 2.98. The quantitative estimate of drug-likeness (QED) is 0.626. The summed E-state index contributed by atoms with van der Waals surface area (Å²) in [4.78, 5) is 12.7. The number of aryl methyl sites for hydroxylation is 1. The van der Waals surface area contributed by atoms with Gasteiger partial charge in [-0.1, -0.05) is 47.5 Å². The first-order valence-electron chi connectivity index (χ1n) is 7.54. The van der Waals surface area contributed by atoms with Crippen LogP contribution in [0.1, 0.15) is 22.5 Å². The summed E-state index contributed by atoms with van der Waals surface area (Å²) in [7, 11) is 1.51. The number of benzene rings is 2. The number of amides is 1. The summed E-state index contributed by atoms with van der Waals surface area (Å²) in [6.45, 7) is 0. The van der Waals surface area contributed by atoms with Gasteiger partial charge in [0, 0.05) is 18.8 Å². The van der Waals surface area contributed by atoms with E-state index in [9.17, 15) is 13.6 Å². The standard InChI is InChI=1S/C18H13Cl2F2N3O/c1-25-9-15(16(24-25)17(21)22)23-18(26)12-5-3-2-4-11(12)10-6-7-13(19)14(20)8-10/h2-9,17H,1H3,(H,23,26). The largest absolute Gasteiger partial charge is 0.319 e. The molecule has 8 heteroatoms. The van der Waals surface area contributed by atoms with Crippen LogP contribution in [-0.2, 0) is 7.05 Å². The van der Waals surface area contributed by atoms with E-state index >= 15 is 0 Å². The predicted molar refractivity (Wildman–Crippen MR) is 98.0 cm³/mol. The van der Waals surface area contributed by atoms with Crippen molar-refractivity contribution in [3.8, 4) is 11.1 Å². The fourth-order valence-electron chi connectivity index (χ4n) is 2.55.